The van der Waals surface area contributed by atoms with E-state index in [2.05, 4.69) is 17.0 Å². The average molecular weight is 402 g/mol. The van der Waals surface area contributed by atoms with Gasteiger partial charge in [-0.15, -0.1) is 0 Å². The number of likely N-dealkylation sites (tertiary alicyclic amines) is 2. The summed E-state index contributed by atoms with van der Waals surface area (Å²) >= 11 is 0. The lowest BCUT2D eigenvalue weighted by Gasteiger charge is -2.43. The third-order valence-electron chi connectivity index (χ3n) is 6.61. The maximum absolute atomic E-state index is 13.1. The lowest BCUT2D eigenvalue weighted by molar-refractivity contribution is -0.160. The van der Waals surface area contributed by atoms with E-state index < -0.39 is 11.2 Å². The minimum atomic E-state index is -1.32. The van der Waals surface area contributed by atoms with E-state index in [-0.39, 0.29) is 12.0 Å². The van der Waals surface area contributed by atoms with Crippen LogP contribution in [0.15, 0.2) is 30.3 Å². The topological polar surface area (TPSA) is 73.3 Å². The van der Waals surface area contributed by atoms with Crippen molar-refractivity contribution in [3.05, 3.63) is 35.9 Å². The van der Waals surface area contributed by atoms with Crippen LogP contribution in [0.4, 0.5) is 4.79 Å². The normalized spacial score (nSPS) is 27.5. The van der Waals surface area contributed by atoms with Crippen molar-refractivity contribution in [2.24, 2.45) is 0 Å². The molecule has 0 bridgehead atoms. The molecular weight excluding hydrogens is 370 g/mol. The summed E-state index contributed by atoms with van der Waals surface area (Å²) < 4.78 is 5.60. The Bertz CT molecular complexity index is 748. The Labute approximate surface area is 172 Å². The van der Waals surface area contributed by atoms with Gasteiger partial charge in [0.1, 0.15) is 5.60 Å². The summed E-state index contributed by atoms with van der Waals surface area (Å²) in [5.74, 6) is -0.146. The highest BCUT2D eigenvalue weighted by atomic mass is 16.6. The SMILES string of the molecule is CN1CC2(CCN(C[C@@]3(O)CCCN(CCc4ccccc4)C3=O)CC2)OC1=O. The van der Waals surface area contributed by atoms with Gasteiger partial charge in [-0.3, -0.25) is 9.69 Å². The van der Waals surface area contributed by atoms with Crippen molar-refractivity contribution >= 4 is 12.0 Å². The molecule has 29 heavy (non-hydrogen) atoms. The van der Waals surface area contributed by atoms with Gasteiger partial charge in [0, 0.05) is 52.6 Å². The van der Waals surface area contributed by atoms with Gasteiger partial charge in [-0.05, 0) is 24.8 Å². The molecule has 7 heteroatoms. The van der Waals surface area contributed by atoms with E-state index in [1.807, 2.05) is 23.1 Å². The Morgan fingerprint density at radius 2 is 1.79 bits per heavy atom. The first-order valence-electron chi connectivity index (χ1n) is 10.6. The summed E-state index contributed by atoms with van der Waals surface area (Å²) in [5, 5.41) is 11.2. The number of carbonyl (C=O) groups excluding carboxylic acids is 2. The fourth-order valence-corrected chi connectivity index (χ4v) is 4.87. The predicted molar refractivity (Wildman–Crippen MR) is 108 cm³/mol. The van der Waals surface area contributed by atoms with Crippen LogP contribution >= 0.6 is 0 Å². The minimum Gasteiger partial charge on any atom is -0.441 e. The van der Waals surface area contributed by atoms with Crippen LogP contribution in [-0.4, -0.2) is 89.3 Å². The predicted octanol–water partition coefficient (Wildman–Crippen LogP) is 1.50. The second kappa shape index (κ2) is 7.95. The first-order valence-corrected chi connectivity index (χ1v) is 10.6. The van der Waals surface area contributed by atoms with Crippen LogP contribution in [0.5, 0.6) is 0 Å². The van der Waals surface area contributed by atoms with Crippen LogP contribution in [0, 0.1) is 0 Å². The quantitative estimate of drug-likeness (QED) is 0.810. The lowest BCUT2D eigenvalue weighted by atomic mass is 9.87. The molecule has 2 amide bonds. The summed E-state index contributed by atoms with van der Waals surface area (Å²) in [6.45, 7) is 3.76. The summed E-state index contributed by atoms with van der Waals surface area (Å²) in [5.41, 5.74) is -0.516. The molecule has 3 saturated heterocycles. The Morgan fingerprint density at radius 3 is 2.45 bits per heavy atom. The number of aliphatic hydroxyl groups is 1. The standard InChI is InChI=1S/C22H31N3O4/c1-23-16-21(29-20(23)27)10-14-24(15-11-21)17-22(28)9-5-12-25(19(22)26)13-8-18-6-3-2-4-7-18/h2-4,6-7,28H,5,8-17H2,1H3/t22-/m0/s1. The molecule has 0 aromatic heterocycles. The third-order valence-corrected chi connectivity index (χ3v) is 6.61. The van der Waals surface area contributed by atoms with E-state index in [4.69, 9.17) is 4.74 Å². The molecule has 3 aliphatic rings. The zero-order valence-electron chi connectivity index (χ0n) is 17.2. The van der Waals surface area contributed by atoms with Gasteiger partial charge in [0.25, 0.3) is 5.91 Å². The Hall–Kier alpha value is -2.12. The molecule has 3 heterocycles. The molecule has 1 aromatic rings. The van der Waals surface area contributed by atoms with Crippen molar-refractivity contribution in [2.75, 3.05) is 46.3 Å². The van der Waals surface area contributed by atoms with Crippen molar-refractivity contribution in [1.29, 1.82) is 0 Å². The van der Waals surface area contributed by atoms with Crippen LogP contribution < -0.4 is 0 Å². The number of nitrogens with zero attached hydrogens (tertiary/aromatic N) is 3. The smallest absolute Gasteiger partial charge is 0.410 e. The van der Waals surface area contributed by atoms with Gasteiger partial charge in [0.15, 0.2) is 5.60 Å². The molecule has 1 spiro atoms. The van der Waals surface area contributed by atoms with Gasteiger partial charge in [0.05, 0.1) is 6.54 Å². The molecule has 0 saturated carbocycles. The molecule has 7 nitrogen and oxygen atoms in total. The van der Waals surface area contributed by atoms with E-state index >= 15 is 0 Å². The zero-order valence-corrected chi connectivity index (χ0v) is 17.2. The van der Waals surface area contributed by atoms with E-state index in [0.717, 1.165) is 38.8 Å². The molecule has 0 radical (unpaired) electrons. The molecule has 1 aromatic carbocycles. The van der Waals surface area contributed by atoms with E-state index in [1.54, 1.807) is 11.9 Å². The van der Waals surface area contributed by atoms with E-state index in [1.165, 1.54) is 5.56 Å². The first-order chi connectivity index (χ1) is 13.9. The van der Waals surface area contributed by atoms with Gasteiger partial charge in [0.2, 0.25) is 0 Å². The summed E-state index contributed by atoms with van der Waals surface area (Å²) in [6.07, 6.45) is 3.35. The van der Waals surface area contributed by atoms with Crippen LogP contribution in [0.25, 0.3) is 0 Å². The van der Waals surface area contributed by atoms with Crippen molar-refractivity contribution in [2.45, 2.75) is 43.3 Å². The number of likely N-dealkylation sites (N-methyl/N-ethyl adjacent to an activating group) is 1. The third kappa shape index (κ3) is 4.26. The molecule has 3 aliphatic heterocycles. The first kappa shape index (κ1) is 20.2. The monoisotopic (exact) mass is 401 g/mol. The molecule has 4 rings (SSSR count). The average Bonchev–Trinajstić information content (AvgIpc) is 2.99. The van der Waals surface area contributed by atoms with Crippen LogP contribution in [0.3, 0.4) is 0 Å². The van der Waals surface area contributed by atoms with Crippen molar-refractivity contribution in [3.8, 4) is 0 Å². The van der Waals surface area contributed by atoms with Crippen LogP contribution in [0.2, 0.25) is 0 Å². The maximum Gasteiger partial charge on any atom is 0.410 e. The number of carbonyl (C=O) groups is 2. The van der Waals surface area contributed by atoms with Crippen molar-refractivity contribution < 1.29 is 19.4 Å². The van der Waals surface area contributed by atoms with Crippen LogP contribution in [0.1, 0.15) is 31.2 Å². The second-order valence-corrected chi connectivity index (χ2v) is 8.85. The number of amides is 2. The molecule has 0 unspecified atom stereocenters. The number of hydrogen-bond donors (Lipinski definition) is 1. The molecule has 0 aliphatic carbocycles. The number of ether oxygens (including phenoxy) is 1. The Balaban J connectivity index is 1.32. The highest BCUT2D eigenvalue weighted by Crippen LogP contribution is 2.34. The van der Waals surface area contributed by atoms with Gasteiger partial charge in [-0.2, -0.15) is 0 Å². The summed E-state index contributed by atoms with van der Waals surface area (Å²) in [4.78, 5) is 30.4. The number of β-amino-alcohol motifs (C(OH)–C–C–N with tert-alkyl or cyclic N) is 1. The van der Waals surface area contributed by atoms with E-state index in [0.29, 0.717) is 32.6 Å². The molecule has 1 N–H and O–H groups in total. The minimum absolute atomic E-state index is 0.146. The molecule has 158 valence electrons. The second-order valence-electron chi connectivity index (χ2n) is 8.85. The molecule has 3 fully saturated rings. The summed E-state index contributed by atoms with van der Waals surface area (Å²) in [7, 11) is 1.76. The van der Waals surface area contributed by atoms with Crippen molar-refractivity contribution in [1.82, 2.24) is 14.7 Å². The Morgan fingerprint density at radius 1 is 1.07 bits per heavy atom. The van der Waals surface area contributed by atoms with Gasteiger partial charge >= 0.3 is 6.09 Å². The van der Waals surface area contributed by atoms with E-state index in [9.17, 15) is 14.7 Å². The highest BCUT2D eigenvalue weighted by Gasteiger charge is 2.48. The van der Waals surface area contributed by atoms with Gasteiger partial charge in [-0.1, -0.05) is 30.3 Å². The molecule has 1 atom stereocenters. The number of benzene rings is 1. The van der Waals surface area contributed by atoms with Crippen LogP contribution in [-0.2, 0) is 16.0 Å². The lowest BCUT2D eigenvalue weighted by Crippen LogP contribution is -2.60. The van der Waals surface area contributed by atoms with Gasteiger partial charge < -0.3 is 19.6 Å². The summed E-state index contributed by atoms with van der Waals surface area (Å²) in [6, 6.07) is 10.1. The molecular formula is C22H31N3O4. The van der Waals surface area contributed by atoms with Gasteiger partial charge in [-0.25, -0.2) is 4.79 Å². The zero-order chi connectivity index (χ0) is 20.5. The fraction of sp³-hybridized carbons (Fsp3) is 0.636. The largest absolute Gasteiger partial charge is 0.441 e. The Kier molecular flexibility index (Phi) is 5.53. The highest BCUT2D eigenvalue weighted by molar-refractivity contribution is 5.86. The maximum atomic E-state index is 13.1. The fourth-order valence-electron chi connectivity index (χ4n) is 4.87. The number of hydrogen-bond acceptors (Lipinski definition) is 5. The number of piperidine rings is 2. The van der Waals surface area contributed by atoms with Crippen molar-refractivity contribution in [3.63, 3.8) is 0 Å². The number of rotatable bonds is 5.